The van der Waals surface area contributed by atoms with E-state index < -0.39 is 0 Å². The monoisotopic (exact) mass is 248 g/mol. The summed E-state index contributed by atoms with van der Waals surface area (Å²) < 4.78 is 0. The van der Waals surface area contributed by atoms with Gasteiger partial charge in [-0.1, -0.05) is 33.8 Å². The minimum absolute atomic E-state index is 0. The van der Waals surface area contributed by atoms with Crippen molar-refractivity contribution in [3.8, 4) is 0 Å². The van der Waals surface area contributed by atoms with Crippen molar-refractivity contribution in [2.24, 2.45) is 0 Å². The van der Waals surface area contributed by atoms with Gasteiger partial charge in [0.1, 0.15) is 0 Å². The minimum Gasteiger partial charge on any atom is -0.193 e. The molecule has 0 aromatic heterocycles. The van der Waals surface area contributed by atoms with E-state index >= 15 is 0 Å². The van der Waals surface area contributed by atoms with E-state index in [1.54, 1.807) is 0 Å². The number of hydrogen-bond acceptors (Lipinski definition) is 0. The van der Waals surface area contributed by atoms with Crippen LogP contribution in [0.2, 0.25) is 0 Å². The molecule has 1 rings (SSSR count). The van der Waals surface area contributed by atoms with Crippen molar-refractivity contribution in [1.82, 2.24) is 0 Å². The molecule has 0 atom stereocenters. The van der Waals surface area contributed by atoms with Gasteiger partial charge in [-0.2, -0.15) is 30.4 Å². The van der Waals surface area contributed by atoms with Crippen molar-refractivity contribution in [2.75, 3.05) is 0 Å². The predicted molar refractivity (Wildman–Crippen MR) is 57.1 cm³/mol. The topological polar surface area (TPSA) is 0 Å². The summed E-state index contributed by atoms with van der Waals surface area (Å²) in [5.41, 5.74) is 1.05. The maximum Gasteiger partial charge on any atom is 1.00 e. The molecule has 0 fully saturated rings. The Kier molecular flexibility index (Phi) is 27.6. The molecule has 68 valence electrons. The van der Waals surface area contributed by atoms with E-state index in [4.69, 9.17) is 0 Å². The molecule has 0 heterocycles. The first-order chi connectivity index (χ1) is 5.93. The van der Waals surface area contributed by atoms with Crippen LogP contribution >= 0.6 is 0 Å². The normalized spacial score (nSPS) is 6.15. The molecule has 13 heavy (non-hydrogen) atoms. The maximum absolute atomic E-state index is 3.51. The van der Waals surface area contributed by atoms with Crippen molar-refractivity contribution >= 4 is 0 Å². The summed E-state index contributed by atoms with van der Waals surface area (Å²) >= 11 is 0. The maximum atomic E-state index is 3.51. The van der Waals surface area contributed by atoms with E-state index in [9.17, 15) is 0 Å². The molecular formula is C12H19Rb. The van der Waals surface area contributed by atoms with Crippen LogP contribution in [0.25, 0.3) is 0 Å². The minimum atomic E-state index is 0. The Bertz CT molecular complexity index is 168. The van der Waals surface area contributed by atoms with E-state index in [1.165, 1.54) is 0 Å². The predicted octanol–water partition coefficient (Wildman–Crippen LogP) is 1.08. The van der Waals surface area contributed by atoms with Crippen LogP contribution in [0.15, 0.2) is 36.9 Å². The van der Waals surface area contributed by atoms with Gasteiger partial charge in [0.15, 0.2) is 0 Å². The van der Waals surface area contributed by atoms with E-state index in [0.717, 1.165) is 5.56 Å². The zero-order chi connectivity index (χ0) is 9.82. The molecule has 0 saturated carbocycles. The van der Waals surface area contributed by atoms with Gasteiger partial charge in [-0.15, -0.1) is 12.1 Å². The van der Waals surface area contributed by atoms with Gasteiger partial charge in [-0.3, -0.25) is 0 Å². The van der Waals surface area contributed by atoms with E-state index in [0.29, 0.717) is 0 Å². The van der Waals surface area contributed by atoms with Gasteiger partial charge < -0.3 is 0 Å². The summed E-state index contributed by atoms with van der Waals surface area (Å²) in [6, 6.07) is 9.84. The van der Waals surface area contributed by atoms with Crippen LogP contribution in [0.4, 0.5) is 0 Å². The molecule has 0 unspecified atom stereocenters. The summed E-state index contributed by atoms with van der Waals surface area (Å²) in [6.07, 6.45) is 2.78. The van der Waals surface area contributed by atoms with E-state index in [1.807, 2.05) is 58.0 Å². The third-order valence-corrected chi connectivity index (χ3v) is 0.978. The second-order valence-corrected chi connectivity index (χ2v) is 1.54. The fourth-order valence-electron chi connectivity index (χ4n) is 0.556. The van der Waals surface area contributed by atoms with Crippen LogP contribution in [0.5, 0.6) is 0 Å². The van der Waals surface area contributed by atoms with Crippen LogP contribution in [0, 0.1) is 6.08 Å². The molecule has 0 amide bonds. The van der Waals surface area contributed by atoms with Gasteiger partial charge >= 0.3 is 58.2 Å². The first kappa shape index (κ1) is 19.4. The fourth-order valence-corrected chi connectivity index (χ4v) is 0.556. The first-order valence-corrected chi connectivity index (χ1v) is 4.51. The number of rotatable bonds is 1. The Hall–Kier alpha value is 0.765. The molecule has 0 aliphatic carbocycles. The van der Waals surface area contributed by atoms with Crippen molar-refractivity contribution in [1.29, 1.82) is 0 Å². The largest absolute Gasteiger partial charge is 1.00 e. The Morgan fingerprint density at radius 3 is 1.54 bits per heavy atom. The summed E-state index contributed by atoms with van der Waals surface area (Å²) in [7, 11) is 0. The average Bonchev–Trinajstić information content (AvgIpc) is 2.25. The molecule has 0 N–H and O–H groups in total. The Balaban J connectivity index is -0.000000178. The van der Waals surface area contributed by atoms with Gasteiger partial charge in [0.05, 0.1) is 0 Å². The molecule has 1 aromatic carbocycles. The van der Waals surface area contributed by atoms with Crippen molar-refractivity contribution in [3.63, 3.8) is 0 Å². The molecule has 1 aromatic rings. The van der Waals surface area contributed by atoms with Crippen LogP contribution in [-0.2, 0) is 0 Å². The van der Waals surface area contributed by atoms with Gasteiger partial charge in [0, 0.05) is 0 Å². The van der Waals surface area contributed by atoms with Crippen LogP contribution in [-0.4, -0.2) is 0 Å². The standard InChI is InChI=1S/C8H7.2C2H6.Rb/c1-2-8-6-4-3-5-7-8;2*1-2;/h3-7H,1H2;2*1-2H3;/q-1;;;+1. The van der Waals surface area contributed by atoms with E-state index in [2.05, 4.69) is 12.7 Å². The summed E-state index contributed by atoms with van der Waals surface area (Å²) in [6.45, 7) is 11.5. The molecular weight excluding hydrogens is 230 g/mol. The van der Waals surface area contributed by atoms with Gasteiger partial charge in [-0.25, -0.2) is 0 Å². The Morgan fingerprint density at radius 2 is 1.31 bits per heavy atom. The third-order valence-electron chi connectivity index (χ3n) is 0.978. The Morgan fingerprint density at radius 1 is 0.923 bits per heavy atom. The summed E-state index contributed by atoms with van der Waals surface area (Å²) in [4.78, 5) is 0. The van der Waals surface area contributed by atoms with Crippen LogP contribution < -0.4 is 58.2 Å². The second-order valence-electron chi connectivity index (χ2n) is 1.54. The summed E-state index contributed by atoms with van der Waals surface area (Å²) in [5.74, 6) is 0. The van der Waals surface area contributed by atoms with Gasteiger partial charge in [0.2, 0.25) is 0 Å². The molecule has 1 heteroatoms. The Labute approximate surface area is 132 Å². The molecule has 0 spiro atoms. The molecule has 0 bridgehead atoms. The number of hydrogen-bond donors (Lipinski definition) is 0. The first-order valence-electron chi connectivity index (χ1n) is 4.51. The van der Waals surface area contributed by atoms with Crippen LogP contribution in [0.1, 0.15) is 33.3 Å². The van der Waals surface area contributed by atoms with E-state index in [-0.39, 0.29) is 58.2 Å². The quantitative estimate of drug-likeness (QED) is 0.653. The molecule has 0 nitrogen and oxygen atoms in total. The summed E-state index contributed by atoms with van der Waals surface area (Å²) in [5, 5.41) is 0. The smallest absolute Gasteiger partial charge is 0.193 e. The van der Waals surface area contributed by atoms with Crippen molar-refractivity contribution in [2.45, 2.75) is 27.7 Å². The number of benzene rings is 1. The molecule has 0 saturated heterocycles. The molecule has 0 radical (unpaired) electrons. The van der Waals surface area contributed by atoms with Crippen molar-refractivity contribution in [3.05, 3.63) is 48.6 Å². The zero-order valence-corrected chi connectivity index (χ0v) is 14.5. The third kappa shape index (κ3) is 12.8. The molecule has 0 aliphatic heterocycles. The second kappa shape index (κ2) is 18.5. The van der Waals surface area contributed by atoms with Crippen LogP contribution in [0.3, 0.4) is 0 Å². The average molecular weight is 249 g/mol. The zero-order valence-electron chi connectivity index (χ0n) is 9.59. The SMILES string of the molecule is C=[C-]c1ccccc1.CC.CC.[Rb+]. The molecule has 0 aliphatic rings. The van der Waals surface area contributed by atoms with Crippen molar-refractivity contribution < 1.29 is 58.2 Å². The van der Waals surface area contributed by atoms with Gasteiger partial charge in [0.25, 0.3) is 0 Å². The fraction of sp³-hybridized carbons (Fsp3) is 0.333. The van der Waals surface area contributed by atoms with Gasteiger partial charge in [-0.05, 0) is 0 Å².